The summed E-state index contributed by atoms with van der Waals surface area (Å²) in [6, 6.07) is 18.1. The zero-order chi connectivity index (χ0) is 22.9. The second kappa shape index (κ2) is 11.0. The lowest BCUT2D eigenvalue weighted by Gasteiger charge is -2.17. The summed E-state index contributed by atoms with van der Waals surface area (Å²) in [4.78, 5) is 42.5. The van der Waals surface area contributed by atoms with Crippen LogP contribution in [0.15, 0.2) is 72.1 Å². The fourth-order valence-electron chi connectivity index (χ4n) is 2.89. The standard InChI is InChI=1S/C24H24N4O3S/c1-17(23(31)25-15-19-9-5-3-6-10-19)26-22(30)14-13-20-16-32-24(27-20)28(18(2)29)21-11-7-4-8-12-21/h3-14,16-17H,15H2,1-2H3,(H,25,31)(H,26,30). The van der Waals surface area contributed by atoms with Crippen LogP contribution < -0.4 is 15.5 Å². The number of hydrogen-bond donors (Lipinski definition) is 2. The van der Waals surface area contributed by atoms with Crippen molar-refractivity contribution in [3.05, 3.63) is 83.4 Å². The van der Waals surface area contributed by atoms with Gasteiger partial charge in [-0.3, -0.25) is 19.3 Å². The van der Waals surface area contributed by atoms with Crippen molar-refractivity contribution >= 4 is 46.0 Å². The highest BCUT2D eigenvalue weighted by Crippen LogP contribution is 2.28. The van der Waals surface area contributed by atoms with Crippen LogP contribution in [0.4, 0.5) is 10.8 Å². The van der Waals surface area contributed by atoms with Crippen LogP contribution in [-0.4, -0.2) is 28.7 Å². The quantitative estimate of drug-likeness (QED) is 0.515. The van der Waals surface area contributed by atoms with E-state index in [2.05, 4.69) is 15.6 Å². The highest BCUT2D eigenvalue weighted by atomic mass is 32.1. The molecule has 2 aromatic carbocycles. The van der Waals surface area contributed by atoms with Crippen LogP contribution in [0.1, 0.15) is 25.1 Å². The number of thiazole rings is 1. The Morgan fingerprint density at radius 1 is 1.06 bits per heavy atom. The lowest BCUT2D eigenvalue weighted by atomic mass is 10.2. The van der Waals surface area contributed by atoms with E-state index >= 15 is 0 Å². The van der Waals surface area contributed by atoms with Crippen molar-refractivity contribution in [2.45, 2.75) is 26.4 Å². The molecule has 0 saturated heterocycles. The Bertz CT molecular complexity index is 1100. The number of carbonyl (C=O) groups excluding carboxylic acids is 3. The minimum absolute atomic E-state index is 0.158. The van der Waals surface area contributed by atoms with E-state index in [9.17, 15) is 14.4 Å². The number of rotatable bonds is 8. The Morgan fingerprint density at radius 3 is 2.38 bits per heavy atom. The van der Waals surface area contributed by atoms with Crippen molar-refractivity contribution in [2.75, 3.05) is 4.90 Å². The Morgan fingerprint density at radius 2 is 1.72 bits per heavy atom. The molecule has 3 aromatic rings. The minimum Gasteiger partial charge on any atom is -0.350 e. The number of carbonyl (C=O) groups is 3. The lowest BCUT2D eigenvalue weighted by molar-refractivity contribution is -0.126. The van der Waals surface area contributed by atoms with Crippen LogP contribution >= 0.6 is 11.3 Å². The van der Waals surface area contributed by atoms with Crippen molar-refractivity contribution < 1.29 is 14.4 Å². The van der Waals surface area contributed by atoms with Gasteiger partial charge in [0.05, 0.1) is 11.4 Å². The predicted octanol–water partition coefficient (Wildman–Crippen LogP) is 3.66. The second-order valence-electron chi connectivity index (χ2n) is 7.01. The zero-order valence-corrected chi connectivity index (χ0v) is 18.6. The third-order valence-corrected chi connectivity index (χ3v) is 5.34. The van der Waals surface area contributed by atoms with Gasteiger partial charge in [0.1, 0.15) is 6.04 Å². The molecule has 3 rings (SSSR count). The average molecular weight is 449 g/mol. The average Bonchev–Trinajstić information content (AvgIpc) is 3.25. The number of anilines is 2. The summed E-state index contributed by atoms with van der Waals surface area (Å²) in [6.07, 6.45) is 2.87. The summed E-state index contributed by atoms with van der Waals surface area (Å²) in [5.41, 5.74) is 2.25. The third-order valence-electron chi connectivity index (χ3n) is 4.50. The monoisotopic (exact) mass is 448 g/mol. The zero-order valence-electron chi connectivity index (χ0n) is 17.8. The van der Waals surface area contributed by atoms with Gasteiger partial charge in [0.2, 0.25) is 17.7 Å². The Labute approximate surface area is 190 Å². The molecule has 0 aliphatic heterocycles. The Hall–Kier alpha value is -3.78. The maximum Gasteiger partial charge on any atom is 0.244 e. The van der Waals surface area contributed by atoms with Gasteiger partial charge in [0, 0.05) is 24.9 Å². The smallest absolute Gasteiger partial charge is 0.244 e. The summed E-state index contributed by atoms with van der Waals surface area (Å²) in [5.74, 6) is -0.839. The van der Waals surface area contributed by atoms with Gasteiger partial charge in [-0.25, -0.2) is 4.98 Å². The molecule has 0 saturated carbocycles. The van der Waals surface area contributed by atoms with E-state index in [0.29, 0.717) is 17.4 Å². The topological polar surface area (TPSA) is 91.4 Å². The summed E-state index contributed by atoms with van der Waals surface area (Å²) in [6.45, 7) is 3.49. The number of aromatic nitrogens is 1. The fraction of sp³-hybridized carbons (Fsp3) is 0.167. The Balaban J connectivity index is 1.55. The fourth-order valence-corrected chi connectivity index (χ4v) is 3.74. The van der Waals surface area contributed by atoms with Gasteiger partial charge in [-0.05, 0) is 30.7 Å². The van der Waals surface area contributed by atoms with E-state index in [1.807, 2.05) is 60.7 Å². The number of nitrogens with one attached hydrogen (secondary N) is 2. The van der Waals surface area contributed by atoms with Crippen LogP contribution in [0.2, 0.25) is 0 Å². The number of benzene rings is 2. The molecule has 7 nitrogen and oxygen atoms in total. The van der Waals surface area contributed by atoms with Gasteiger partial charge in [-0.2, -0.15) is 0 Å². The summed E-state index contributed by atoms with van der Waals surface area (Å²) in [5, 5.41) is 7.70. The molecule has 3 amide bonds. The number of amides is 3. The number of hydrogen-bond acceptors (Lipinski definition) is 5. The molecule has 1 unspecified atom stereocenters. The van der Waals surface area contributed by atoms with E-state index in [1.54, 1.807) is 18.4 Å². The molecule has 0 aliphatic rings. The van der Waals surface area contributed by atoms with Crippen LogP contribution in [0.3, 0.4) is 0 Å². The molecule has 0 fully saturated rings. The molecular formula is C24H24N4O3S. The van der Waals surface area contributed by atoms with Gasteiger partial charge in [-0.1, -0.05) is 48.5 Å². The van der Waals surface area contributed by atoms with E-state index < -0.39 is 11.9 Å². The number of para-hydroxylation sites is 1. The normalized spacial score (nSPS) is 11.7. The first-order chi connectivity index (χ1) is 15.4. The summed E-state index contributed by atoms with van der Waals surface area (Å²) < 4.78 is 0. The number of nitrogens with zero attached hydrogens (tertiary/aromatic N) is 2. The molecule has 1 aromatic heterocycles. The van der Waals surface area contributed by atoms with Crippen molar-refractivity contribution in [3.63, 3.8) is 0 Å². The van der Waals surface area contributed by atoms with Crippen LogP contribution in [-0.2, 0) is 20.9 Å². The molecule has 8 heteroatoms. The van der Waals surface area contributed by atoms with E-state index in [-0.39, 0.29) is 11.8 Å². The molecule has 0 radical (unpaired) electrons. The van der Waals surface area contributed by atoms with Gasteiger partial charge in [-0.15, -0.1) is 11.3 Å². The molecule has 2 N–H and O–H groups in total. The van der Waals surface area contributed by atoms with Gasteiger partial charge < -0.3 is 10.6 Å². The summed E-state index contributed by atoms with van der Waals surface area (Å²) in [7, 11) is 0. The molecule has 0 bridgehead atoms. The van der Waals surface area contributed by atoms with Gasteiger partial charge >= 0.3 is 0 Å². The summed E-state index contributed by atoms with van der Waals surface area (Å²) >= 11 is 1.30. The van der Waals surface area contributed by atoms with Crippen molar-refractivity contribution in [1.82, 2.24) is 15.6 Å². The molecule has 32 heavy (non-hydrogen) atoms. The van der Waals surface area contributed by atoms with Gasteiger partial charge in [0.15, 0.2) is 5.13 Å². The third kappa shape index (κ3) is 6.36. The maximum absolute atomic E-state index is 12.2. The molecule has 0 spiro atoms. The first kappa shape index (κ1) is 22.9. The molecule has 1 atom stereocenters. The van der Waals surface area contributed by atoms with E-state index in [4.69, 9.17) is 0 Å². The largest absolute Gasteiger partial charge is 0.350 e. The molecule has 164 valence electrons. The first-order valence-corrected chi connectivity index (χ1v) is 10.9. The molecule has 1 heterocycles. The van der Waals surface area contributed by atoms with Crippen LogP contribution in [0.25, 0.3) is 6.08 Å². The Kier molecular flexibility index (Phi) is 7.88. The molecule has 0 aliphatic carbocycles. The predicted molar refractivity (Wildman–Crippen MR) is 126 cm³/mol. The maximum atomic E-state index is 12.2. The lowest BCUT2D eigenvalue weighted by Crippen LogP contribution is -2.44. The second-order valence-corrected chi connectivity index (χ2v) is 7.85. The minimum atomic E-state index is -0.687. The van der Waals surface area contributed by atoms with Gasteiger partial charge in [0.25, 0.3) is 0 Å². The first-order valence-electron chi connectivity index (χ1n) is 10.1. The van der Waals surface area contributed by atoms with Crippen LogP contribution in [0, 0.1) is 0 Å². The van der Waals surface area contributed by atoms with Crippen molar-refractivity contribution in [1.29, 1.82) is 0 Å². The SMILES string of the molecule is CC(=O)N(c1ccccc1)c1nc(C=CC(=O)NC(C)C(=O)NCc2ccccc2)cs1. The van der Waals surface area contributed by atoms with Crippen molar-refractivity contribution in [3.8, 4) is 0 Å². The molecular weight excluding hydrogens is 424 g/mol. The van der Waals surface area contributed by atoms with Crippen LogP contribution in [0.5, 0.6) is 0 Å². The van der Waals surface area contributed by atoms with E-state index in [1.165, 1.54) is 29.2 Å². The highest BCUT2D eigenvalue weighted by Gasteiger charge is 2.17. The van der Waals surface area contributed by atoms with Crippen molar-refractivity contribution in [2.24, 2.45) is 0 Å². The van der Waals surface area contributed by atoms with E-state index in [0.717, 1.165) is 11.3 Å². The highest BCUT2D eigenvalue weighted by molar-refractivity contribution is 7.14.